The van der Waals surface area contributed by atoms with Gasteiger partial charge in [0.15, 0.2) is 5.16 Å². The van der Waals surface area contributed by atoms with Crippen LogP contribution in [0.2, 0.25) is 0 Å². The van der Waals surface area contributed by atoms with Gasteiger partial charge in [0.05, 0.1) is 11.0 Å². The molecule has 32 heavy (non-hydrogen) atoms. The fourth-order valence-electron chi connectivity index (χ4n) is 3.71. The van der Waals surface area contributed by atoms with E-state index in [-0.39, 0.29) is 12.4 Å². The lowest BCUT2D eigenvalue weighted by molar-refractivity contribution is 0.233. The number of anilines is 2. The number of thioether (sulfide) groups is 1. The molecule has 0 aliphatic carbocycles. The summed E-state index contributed by atoms with van der Waals surface area (Å²) in [6.07, 6.45) is 7.52. The van der Waals surface area contributed by atoms with Gasteiger partial charge in [-0.15, -0.1) is 12.4 Å². The van der Waals surface area contributed by atoms with Crippen LogP contribution in [0.25, 0.3) is 22.2 Å². The summed E-state index contributed by atoms with van der Waals surface area (Å²) in [6, 6.07) is 10.3. The van der Waals surface area contributed by atoms with Crippen molar-refractivity contribution in [3.05, 3.63) is 54.5 Å². The predicted molar refractivity (Wildman–Crippen MR) is 132 cm³/mol. The second-order valence-electron chi connectivity index (χ2n) is 7.48. The van der Waals surface area contributed by atoms with Gasteiger partial charge in [0.2, 0.25) is 5.95 Å². The highest BCUT2D eigenvalue weighted by atomic mass is 35.5. The standard InChI is InChI=1S/C22H24N8S.ClH/c1-31-22-25-12-17(13-26-22)16-2-3-18-19(11-16)28-21(27-18)29-20-10-15(4-5-24-20)14-30-8-6-23-7-9-30;/h2-5,10-13,23H,6-9,14H2,1H3,(H2,24,27,28,29);1H. The zero-order valence-corrected chi connectivity index (χ0v) is 19.3. The molecule has 3 N–H and O–H groups in total. The number of fused-ring (bicyclic) bond motifs is 1. The third-order valence-corrected chi connectivity index (χ3v) is 5.89. The number of H-pyrrole nitrogens is 1. The molecule has 1 aromatic carbocycles. The molecule has 5 rings (SSSR count). The molecule has 166 valence electrons. The third-order valence-electron chi connectivity index (χ3n) is 5.31. The Labute approximate surface area is 197 Å². The van der Waals surface area contributed by atoms with Gasteiger partial charge in [-0.1, -0.05) is 17.8 Å². The van der Waals surface area contributed by atoms with Crippen LogP contribution in [0.1, 0.15) is 5.56 Å². The lowest BCUT2D eigenvalue weighted by Gasteiger charge is -2.27. The molecule has 0 bridgehead atoms. The quantitative estimate of drug-likeness (QED) is 0.291. The molecule has 10 heteroatoms. The first-order valence-electron chi connectivity index (χ1n) is 10.3. The molecule has 1 fully saturated rings. The van der Waals surface area contributed by atoms with Gasteiger partial charge in [-0.05, 0) is 41.6 Å². The van der Waals surface area contributed by atoms with Gasteiger partial charge in [-0.25, -0.2) is 19.9 Å². The van der Waals surface area contributed by atoms with E-state index < -0.39 is 0 Å². The first kappa shape index (κ1) is 22.5. The summed E-state index contributed by atoms with van der Waals surface area (Å²) in [5.74, 6) is 1.46. The van der Waals surface area contributed by atoms with E-state index >= 15 is 0 Å². The topological polar surface area (TPSA) is 94.6 Å². The van der Waals surface area contributed by atoms with E-state index in [1.807, 2.05) is 37.0 Å². The highest BCUT2D eigenvalue weighted by molar-refractivity contribution is 7.98. The number of nitrogens with one attached hydrogen (secondary N) is 3. The maximum atomic E-state index is 4.66. The van der Waals surface area contributed by atoms with Gasteiger partial charge in [0.25, 0.3) is 0 Å². The minimum Gasteiger partial charge on any atom is -0.324 e. The normalized spacial score (nSPS) is 14.3. The Balaban J connectivity index is 0.00000245. The predicted octanol–water partition coefficient (Wildman–Crippen LogP) is 3.71. The number of hydrogen-bond acceptors (Lipinski definition) is 8. The minimum atomic E-state index is 0. The molecule has 0 saturated carbocycles. The van der Waals surface area contributed by atoms with Crippen LogP contribution < -0.4 is 10.6 Å². The van der Waals surface area contributed by atoms with Crippen LogP contribution in [0.5, 0.6) is 0 Å². The lowest BCUT2D eigenvalue weighted by atomic mass is 10.1. The molecule has 3 aromatic heterocycles. The summed E-state index contributed by atoms with van der Waals surface area (Å²) < 4.78 is 0. The molecule has 1 aliphatic rings. The fourth-order valence-corrected chi connectivity index (χ4v) is 4.03. The number of benzene rings is 1. The van der Waals surface area contributed by atoms with E-state index in [1.165, 1.54) is 17.3 Å². The minimum absolute atomic E-state index is 0. The Morgan fingerprint density at radius 3 is 2.62 bits per heavy atom. The molecular formula is C22H25ClN8S. The maximum absolute atomic E-state index is 4.66. The molecule has 0 atom stereocenters. The van der Waals surface area contributed by atoms with E-state index in [1.54, 1.807) is 0 Å². The fraction of sp³-hybridized carbons (Fsp3) is 0.273. The maximum Gasteiger partial charge on any atom is 0.206 e. The van der Waals surface area contributed by atoms with Gasteiger partial charge >= 0.3 is 0 Å². The van der Waals surface area contributed by atoms with Crippen LogP contribution in [0.3, 0.4) is 0 Å². The second kappa shape index (κ2) is 10.3. The highest BCUT2D eigenvalue weighted by Gasteiger charge is 2.11. The van der Waals surface area contributed by atoms with Crippen molar-refractivity contribution in [3.8, 4) is 11.1 Å². The molecule has 0 amide bonds. The van der Waals surface area contributed by atoms with Gasteiger partial charge in [0, 0.05) is 56.9 Å². The second-order valence-corrected chi connectivity index (χ2v) is 8.25. The SMILES string of the molecule is CSc1ncc(-c2ccc3nc(Nc4cc(CN5CCNCC5)ccn4)[nH]c3c2)cn1.Cl. The average molecular weight is 469 g/mol. The molecule has 1 saturated heterocycles. The van der Waals surface area contributed by atoms with E-state index in [2.05, 4.69) is 58.7 Å². The van der Waals surface area contributed by atoms with Crippen LogP contribution >= 0.6 is 24.2 Å². The number of hydrogen-bond donors (Lipinski definition) is 3. The first-order chi connectivity index (χ1) is 15.3. The van der Waals surface area contributed by atoms with Crippen molar-refractivity contribution in [3.63, 3.8) is 0 Å². The number of rotatable bonds is 6. The number of halogens is 1. The molecule has 8 nitrogen and oxygen atoms in total. The van der Waals surface area contributed by atoms with E-state index in [0.717, 1.165) is 65.9 Å². The Morgan fingerprint density at radius 1 is 1.03 bits per heavy atom. The lowest BCUT2D eigenvalue weighted by Crippen LogP contribution is -2.42. The highest BCUT2D eigenvalue weighted by Crippen LogP contribution is 2.25. The van der Waals surface area contributed by atoms with Gasteiger partial charge in [0.1, 0.15) is 5.82 Å². The largest absolute Gasteiger partial charge is 0.324 e. The first-order valence-corrected chi connectivity index (χ1v) is 11.5. The van der Waals surface area contributed by atoms with Gasteiger partial charge < -0.3 is 15.6 Å². The van der Waals surface area contributed by atoms with Gasteiger partial charge in [-0.2, -0.15) is 0 Å². The van der Waals surface area contributed by atoms with Crippen LogP contribution in [0.4, 0.5) is 11.8 Å². The molecule has 0 radical (unpaired) electrons. The van der Waals surface area contributed by atoms with Crippen molar-refractivity contribution in [1.29, 1.82) is 0 Å². The van der Waals surface area contributed by atoms with E-state index in [9.17, 15) is 0 Å². The molecule has 4 heterocycles. The summed E-state index contributed by atoms with van der Waals surface area (Å²) >= 11 is 1.53. The number of imidazole rings is 1. The third kappa shape index (κ3) is 5.18. The Kier molecular flexibility index (Phi) is 7.21. The zero-order chi connectivity index (χ0) is 21.0. The van der Waals surface area contributed by atoms with E-state index in [4.69, 9.17) is 0 Å². The van der Waals surface area contributed by atoms with Gasteiger partial charge in [-0.3, -0.25) is 4.90 Å². The number of piperazine rings is 1. The van der Waals surface area contributed by atoms with Crippen LogP contribution in [0, 0.1) is 0 Å². The molecule has 0 spiro atoms. The molecule has 4 aromatic rings. The number of nitrogens with zero attached hydrogens (tertiary/aromatic N) is 5. The summed E-state index contributed by atoms with van der Waals surface area (Å²) in [5.41, 5.74) is 5.11. The Hall–Kier alpha value is -2.72. The van der Waals surface area contributed by atoms with Crippen molar-refractivity contribution >= 4 is 47.0 Å². The monoisotopic (exact) mass is 468 g/mol. The summed E-state index contributed by atoms with van der Waals surface area (Å²) in [4.78, 5) is 23.6. The zero-order valence-electron chi connectivity index (χ0n) is 17.7. The van der Waals surface area contributed by atoms with Crippen molar-refractivity contribution in [2.24, 2.45) is 0 Å². The van der Waals surface area contributed by atoms with Crippen LogP contribution in [-0.4, -0.2) is 62.3 Å². The summed E-state index contributed by atoms with van der Waals surface area (Å²) in [7, 11) is 0. The van der Waals surface area contributed by atoms with E-state index in [0.29, 0.717) is 5.95 Å². The van der Waals surface area contributed by atoms with Crippen molar-refractivity contribution in [2.75, 3.05) is 37.8 Å². The number of aromatic nitrogens is 5. The molecular weight excluding hydrogens is 444 g/mol. The Bertz CT molecular complexity index is 1170. The summed E-state index contributed by atoms with van der Waals surface area (Å²) in [6.45, 7) is 5.17. The molecule has 0 unspecified atom stereocenters. The van der Waals surface area contributed by atoms with Crippen molar-refractivity contribution in [1.82, 2.24) is 35.1 Å². The van der Waals surface area contributed by atoms with Crippen LogP contribution in [-0.2, 0) is 6.54 Å². The van der Waals surface area contributed by atoms with Crippen molar-refractivity contribution < 1.29 is 0 Å². The Morgan fingerprint density at radius 2 is 1.84 bits per heavy atom. The number of pyridine rings is 1. The smallest absolute Gasteiger partial charge is 0.206 e. The number of aromatic amines is 1. The average Bonchev–Trinajstić information content (AvgIpc) is 3.21. The van der Waals surface area contributed by atoms with Crippen LogP contribution in [0.15, 0.2) is 54.1 Å². The van der Waals surface area contributed by atoms with Crippen molar-refractivity contribution in [2.45, 2.75) is 11.7 Å². The summed E-state index contributed by atoms with van der Waals surface area (Å²) in [5, 5.41) is 7.47. The molecule has 1 aliphatic heterocycles.